The second-order valence-corrected chi connectivity index (χ2v) is 7.53. The highest BCUT2D eigenvalue weighted by Gasteiger charge is 2.11. The molecule has 7 heteroatoms. The summed E-state index contributed by atoms with van der Waals surface area (Å²) in [6.45, 7) is 1.83. The van der Waals surface area contributed by atoms with Gasteiger partial charge in [-0.25, -0.2) is 9.97 Å². The molecule has 4 rings (SSSR count). The van der Waals surface area contributed by atoms with Gasteiger partial charge in [-0.05, 0) is 55.0 Å². The van der Waals surface area contributed by atoms with Crippen LogP contribution in [0, 0.1) is 6.92 Å². The van der Waals surface area contributed by atoms with Gasteiger partial charge in [-0.3, -0.25) is 4.79 Å². The number of hydrogen-bond donors (Lipinski definition) is 1. The predicted octanol–water partition coefficient (Wildman–Crippen LogP) is 5.34. The van der Waals surface area contributed by atoms with Gasteiger partial charge in [-0.15, -0.1) is 0 Å². The Hall–Kier alpha value is -2.96. The van der Waals surface area contributed by atoms with Gasteiger partial charge >= 0.3 is 0 Å². The summed E-state index contributed by atoms with van der Waals surface area (Å²) in [5, 5.41) is 4.24. The monoisotopic (exact) mass is 409 g/mol. The average Bonchev–Trinajstić information content (AvgIpc) is 3.13. The molecule has 0 fully saturated rings. The highest BCUT2D eigenvalue weighted by atomic mass is 35.5. The van der Waals surface area contributed by atoms with E-state index in [-0.39, 0.29) is 12.5 Å². The minimum absolute atomic E-state index is 0.117. The number of pyridine rings is 1. The molecule has 0 aliphatic heterocycles. The highest BCUT2D eigenvalue weighted by molar-refractivity contribution is 7.21. The minimum Gasteiger partial charge on any atom is -0.482 e. The third-order valence-electron chi connectivity index (χ3n) is 4.11. The molecule has 4 aromatic rings. The first-order valence-electron chi connectivity index (χ1n) is 8.60. The van der Waals surface area contributed by atoms with E-state index in [1.54, 1.807) is 35.7 Å². The van der Waals surface area contributed by atoms with Gasteiger partial charge in [0.2, 0.25) is 0 Å². The minimum atomic E-state index is -0.250. The normalized spacial score (nSPS) is 10.8. The van der Waals surface area contributed by atoms with Crippen molar-refractivity contribution in [2.45, 2.75) is 6.92 Å². The van der Waals surface area contributed by atoms with Gasteiger partial charge in [0.1, 0.15) is 21.1 Å². The van der Waals surface area contributed by atoms with Crippen LogP contribution in [0.2, 0.25) is 5.02 Å². The Balaban J connectivity index is 1.45. The molecule has 0 aliphatic carbocycles. The van der Waals surface area contributed by atoms with E-state index in [0.717, 1.165) is 32.2 Å². The molecular formula is C21H16ClN3O2S. The Labute approximate surface area is 171 Å². The molecule has 2 heterocycles. The predicted molar refractivity (Wildman–Crippen MR) is 113 cm³/mol. The number of amides is 1. The summed E-state index contributed by atoms with van der Waals surface area (Å²) in [7, 11) is 0. The molecule has 0 saturated heterocycles. The number of para-hydroxylation sites is 1. The molecule has 0 radical (unpaired) electrons. The lowest BCUT2D eigenvalue weighted by molar-refractivity contribution is -0.118. The number of nitrogens with zero attached hydrogens (tertiary/aromatic N) is 2. The third kappa shape index (κ3) is 3.98. The Morgan fingerprint density at radius 1 is 1.18 bits per heavy atom. The number of ether oxygens (including phenoxy) is 1. The fraction of sp³-hybridized carbons (Fsp3) is 0.0952. The van der Waals surface area contributed by atoms with Crippen molar-refractivity contribution in [1.82, 2.24) is 9.97 Å². The van der Waals surface area contributed by atoms with Crippen LogP contribution >= 0.6 is 22.9 Å². The van der Waals surface area contributed by atoms with Crippen LogP contribution in [0.4, 0.5) is 5.69 Å². The van der Waals surface area contributed by atoms with Crippen LogP contribution in [0.25, 0.3) is 20.9 Å². The van der Waals surface area contributed by atoms with Crippen molar-refractivity contribution >= 4 is 44.9 Å². The van der Waals surface area contributed by atoms with Crippen LogP contribution < -0.4 is 10.1 Å². The number of anilines is 1. The first-order chi connectivity index (χ1) is 13.6. The fourth-order valence-corrected chi connectivity index (χ4v) is 3.82. The lowest BCUT2D eigenvalue weighted by Gasteiger charge is -2.11. The maximum atomic E-state index is 12.2. The zero-order chi connectivity index (χ0) is 19.5. The van der Waals surface area contributed by atoms with Crippen LogP contribution in [0.15, 0.2) is 60.8 Å². The molecule has 0 bridgehead atoms. The quantitative estimate of drug-likeness (QED) is 0.483. The molecule has 1 N–H and O–H groups in total. The number of rotatable bonds is 5. The van der Waals surface area contributed by atoms with E-state index in [2.05, 4.69) is 15.3 Å². The van der Waals surface area contributed by atoms with Crippen molar-refractivity contribution in [3.05, 3.63) is 71.4 Å². The van der Waals surface area contributed by atoms with E-state index in [1.165, 1.54) is 0 Å². The molecule has 0 atom stereocenters. The number of carbonyl (C=O) groups is 1. The van der Waals surface area contributed by atoms with Gasteiger partial charge in [0.25, 0.3) is 5.91 Å². The van der Waals surface area contributed by atoms with Crippen molar-refractivity contribution in [2.75, 3.05) is 11.9 Å². The van der Waals surface area contributed by atoms with Gasteiger partial charge < -0.3 is 10.1 Å². The second kappa shape index (κ2) is 7.96. The summed E-state index contributed by atoms with van der Waals surface area (Å²) in [6, 6.07) is 16.7. The number of aryl methyl sites for hydroxylation is 1. The summed E-state index contributed by atoms with van der Waals surface area (Å²) < 4.78 is 5.48. The van der Waals surface area contributed by atoms with E-state index in [1.807, 2.05) is 43.3 Å². The number of fused-ring (bicyclic) bond motifs is 1. The van der Waals surface area contributed by atoms with Crippen LogP contribution in [-0.4, -0.2) is 22.5 Å². The van der Waals surface area contributed by atoms with Gasteiger partial charge in [-0.2, -0.15) is 0 Å². The van der Waals surface area contributed by atoms with Gasteiger partial charge in [0.15, 0.2) is 6.61 Å². The summed E-state index contributed by atoms with van der Waals surface area (Å²) in [5.41, 5.74) is 3.55. The summed E-state index contributed by atoms with van der Waals surface area (Å²) >= 11 is 7.58. The molecule has 2 aromatic carbocycles. The molecule has 5 nitrogen and oxygen atoms in total. The Kier molecular flexibility index (Phi) is 5.23. The van der Waals surface area contributed by atoms with E-state index in [0.29, 0.717) is 10.8 Å². The standard InChI is InChI=1S/C21H16ClN3O2S/c1-13-11-14(20-25-17-6-4-10-23-21(17)28-20)8-9-16(13)24-19(26)12-27-18-7-3-2-5-15(18)22/h2-11H,12H2,1H3,(H,24,26). The Morgan fingerprint density at radius 3 is 2.82 bits per heavy atom. The lowest BCUT2D eigenvalue weighted by atomic mass is 10.1. The van der Waals surface area contributed by atoms with Crippen LogP contribution in [0.1, 0.15) is 5.56 Å². The van der Waals surface area contributed by atoms with E-state index in [4.69, 9.17) is 16.3 Å². The SMILES string of the molecule is Cc1cc(-c2nc3cccnc3s2)ccc1NC(=O)COc1ccccc1Cl. The van der Waals surface area contributed by atoms with Crippen molar-refractivity contribution in [1.29, 1.82) is 0 Å². The molecule has 0 aliphatic rings. The molecule has 0 saturated carbocycles. The van der Waals surface area contributed by atoms with Crippen molar-refractivity contribution in [3.63, 3.8) is 0 Å². The summed E-state index contributed by atoms with van der Waals surface area (Å²) in [4.78, 5) is 22.1. The number of benzene rings is 2. The Bertz CT molecular complexity index is 1130. The fourth-order valence-electron chi connectivity index (χ4n) is 2.72. The van der Waals surface area contributed by atoms with Crippen molar-refractivity contribution in [3.8, 4) is 16.3 Å². The second-order valence-electron chi connectivity index (χ2n) is 6.14. The first-order valence-corrected chi connectivity index (χ1v) is 9.79. The molecule has 140 valence electrons. The topological polar surface area (TPSA) is 64.1 Å². The molecule has 2 aromatic heterocycles. The number of halogens is 1. The largest absolute Gasteiger partial charge is 0.482 e. The molecule has 0 unspecified atom stereocenters. The zero-order valence-corrected chi connectivity index (χ0v) is 16.6. The van der Waals surface area contributed by atoms with Gasteiger partial charge in [-0.1, -0.05) is 35.1 Å². The number of carbonyl (C=O) groups excluding carboxylic acids is 1. The zero-order valence-electron chi connectivity index (χ0n) is 15.0. The van der Waals surface area contributed by atoms with Gasteiger partial charge in [0, 0.05) is 17.4 Å². The summed E-state index contributed by atoms with van der Waals surface area (Å²) in [5.74, 6) is 0.232. The molecular weight excluding hydrogens is 394 g/mol. The number of hydrogen-bond acceptors (Lipinski definition) is 5. The number of thiazole rings is 1. The van der Waals surface area contributed by atoms with Crippen LogP contribution in [-0.2, 0) is 4.79 Å². The molecule has 1 amide bonds. The highest BCUT2D eigenvalue weighted by Crippen LogP contribution is 2.31. The number of nitrogens with one attached hydrogen (secondary N) is 1. The van der Waals surface area contributed by atoms with Crippen LogP contribution in [0.3, 0.4) is 0 Å². The van der Waals surface area contributed by atoms with Crippen molar-refractivity contribution < 1.29 is 9.53 Å². The lowest BCUT2D eigenvalue weighted by Crippen LogP contribution is -2.20. The molecule has 0 spiro atoms. The van der Waals surface area contributed by atoms with Crippen LogP contribution in [0.5, 0.6) is 5.75 Å². The maximum absolute atomic E-state index is 12.2. The molecule has 28 heavy (non-hydrogen) atoms. The first kappa shape index (κ1) is 18.4. The Morgan fingerprint density at radius 2 is 2.04 bits per heavy atom. The van der Waals surface area contributed by atoms with E-state index < -0.39 is 0 Å². The van der Waals surface area contributed by atoms with Crippen molar-refractivity contribution in [2.24, 2.45) is 0 Å². The number of aromatic nitrogens is 2. The van der Waals surface area contributed by atoms with E-state index >= 15 is 0 Å². The average molecular weight is 410 g/mol. The van der Waals surface area contributed by atoms with E-state index in [9.17, 15) is 4.79 Å². The van der Waals surface area contributed by atoms with Gasteiger partial charge in [0.05, 0.1) is 5.02 Å². The third-order valence-corrected chi connectivity index (χ3v) is 5.45. The summed E-state index contributed by atoms with van der Waals surface area (Å²) in [6.07, 6.45) is 1.76. The maximum Gasteiger partial charge on any atom is 0.262 e. The smallest absolute Gasteiger partial charge is 0.262 e.